The highest BCUT2D eigenvalue weighted by molar-refractivity contribution is 5.86. The number of carboxylic acid groups (broad SMARTS) is 1. The topological polar surface area (TPSA) is 95.7 Å². The van der Waals surface area contributed by atoms with Gasteiger partial charge in [0.1, 0.15) is 17.2 Å². The van der Waals surface area contributed by atoms with Crippen LogP contribution in [0.3, 0.4) is 0 Å². The van der Waals surface area contributed by atoms with Crippen LogP contribution >= 0.6 is 0 Å². The summed E-state index contributed by atoms with van der Waals surface area (Å²) >= 11 is 0. The van der Waals surface area contributed by atoms with Gasteiger partial charge in [-0.25, -0.2) is 9.48 Å². The largest absolute Gasteiger partial charge is 0.497 e. The third kappa shape index (κ3) is 2.95. The van der Waals surface area contributed by atoms with E-state index in [2.05, 4.69) is 10.3 Å². The van der Waals surface area contributed by atoms with Gasteiger partial charge in [0.15, 0.2) is 5.69 Å². The summed E-state index contributed by atoms with van der Waals surface area (Å²) in [7, 11) is 4.52. The molecule has 1 heterocycles. The molecule has 2 aromatic rings. The van der Waals surface area contributed by atoms with Crippen LogP contribution in [0.5, 0.6) is 11.5 Å². The molecular weight excluding hydrogens is 278 g/mol. The van der Waals surface area contributed by atoms with E-state index in [1.54, 1.807) is 18.2 Å². The first-order chi connectivity index (χ1) is 10.1. The van der Waals surface area contributed by atoms with Crippen molar-refractivity contribution in [1.82, 2.24) is 15.0 Å². The normalized spacial score (nSPS) is 10.4. The molecule has 0 bridgehead atoms. The number of carbonyl (C=O) groups is 1. The van der Waals surface area contributed by atoms with Gasteiger partial charge in [0, 0.05) is 25.3 Å². The van der Waals surface area contributed by atoms with E-state index in [-0.39, 0.29) is 12.3 Å². The van der Waals surface area contributed by atoms with Crippen LogP contribution in [-0.2, 0) is 11.3 Å². The number of nitrogens with zero attached hydrogens (tertiary/aromatic N) is 3. The van der Waals surface area contributed by atoms with Crippen LogP contribution in [0.25, 0.3) is 5.69 Å². The first-order valence-corrected chi connectivity index (χ1v) is 6.01. The average Bonchev–Trinajstić information content (AvgIpc) is 2.91. The lowest BCUT2D eigenvalue weighted by Gasteiger charge is -2.10. The van der Waals surface area contributed by atoms with Gasteiger partial charge in [-0.15, -0.1) is 5.10 Å². The maximum atomic E-state index is 11.2. The Morgan fingerprint density at radius 3 is 2.29 bits per heavy atom. The van der Waals surface area contributed by atoms with E-state index < -0.39 is 5.97 Å². The Morgan fingerprint density at radius 1 is 1.19 bits per heavy atom. The molecule has 0 spiro atoms. The number of hydrogen-bond acceptors (Lipinski definition) is 6. The molecule has 2 rings (SSSR count). The standard InChI is InChI=1S/C13H15N3O5/c1-19-7-11-12(13(17)18)14-15-16(11)8-4-9(20-2)6-10(5-8)21-3/h4-6H,7H2,1-3H3,(H,17,18). The minimum atomic E-state index is -1.16. The first kappa shape index (κ1) is 14.8. The molecule has 112 valence electrons. The van der Waals surface area contributed by atoms with Gasteiger partial charge in [0.25, 0.3) is 0 Å². The summed E-state index contributed by atoms with van der Waals surface area (Å²) < 4.78 is 16.8. The summed E-state index contributed by atoms with van der Waals surface area (Å²) in [5.74, 6) is -0.0525. The van der Waals surface area contributed by atoms with Gasteiger partial charge in [-0.2, -0.15) is 0 Å². The van der Waals surface area contributed by atoms with Gasteiger partial charge in [-0.05, 0) is 0 Å². The Hall–Kier alpha value is -2.61. The van der Waals surface area contributed by atoms with E-state index in [1.165, 1.54) is 26.0 Å². The highest BCUT2D eigenvalue weighted by Gasteiger charge is 2.20. The van der Waals surface area contributed by atoms with E-state index in [4.69, 9.17) is 19.3 Å². The van der Waals surface area contributed by atoms with Crippen molar-refractivity contribution >= 4 is 5.97 Å². The Labute approximate surface area is 120 Å². The van der Waals surface area contributed by atoms with Crippen molar-refractivity contribution in [3.63, 3.8) is 0 Å². The summed E-state index contributed by atoms with van der Waals surface area (Å²) in [6, 6.07) is 5.10. The van der Waals surface area contributed by atoms with Crippen molar-refractivity contribution in [2.24, 2.45) is 0 Å². The SMILES string of the molecule is COCc1c(C(=O)O)nnn1-c1cc(OC)cc(OC)c1. The summed E-state index contributed by atoms with van der Waals surface area (Å²) in [5.41, 5.74) is 0.747. The number of aromatic carboxylic acids is 1. The molecule has 1 aromatic heterocycles. The number of rotatable bonds is 6. The molecule has 0 unspecified atom stereocenters. The smallest absolute Gasteiger partial charge is 0.358 e. The maximum absolute atomic E-state index is 11.2. The van der Waals surface area contributed by atoms with Crippen LogP contribution in [0.2, 0.25) is 0 Å². The Bertz CT molecular complexity index is 631. The number of ether oxygens (including phenoxy) is 3. The van der Waals surface area contributed by atoms with Gasteiger partial charge < -0.3 is 19.3 Å². The van der Waals surface area contributed by atoms with Crippen molar-refractivity contribution in [2.75, 3.05) is 21.3 Å². The fourth-order valence-electron chi connectivity index (χ4n) is 1.86. The quantitative estimate of drug-likeness (QED) is 0.852. The minimum Gasteiger partial charge on any atom is -0.497 e. The fourth-order valence-corrected chi connectivity index (χ4v) is 1.86. The minimum absolute atomic E-state index is 0.0636. The zero-order valence-electron chi connectivity index (χ0n) is 11.9. The molecule has 21 heavy (non-hydrogen) atoms. The van der Waals surface area contributed by atoms with Gasteiger partial charge in [0.2, 0.25) is 0 Å². The fraction of sp³-hybridized carbons (Fsp3) is 0.308. The number of benzene rings is 1. The van der Waals surface area contributed by atoms with Gasteiger partial charge in [0.05, 0.1) is 26.5 Å². The molecule has 0 aliphatic carbocycles. The molecule has 1 aromatic carbocycles. The predicted molar refractivity (Wildman–Crippen MR) is 72.1 cm³/mol. The van der Waals surface area contributed by atoms with Crippen LogP contribution in [0.1, 0.15) is 16.2 Å². The molecule has 0 fully saturated rings. The van der Waals surface area contributed by atoms with Crippen LogP contribution < -0.4 is 9.47 Å². The number of methoxy groups -OCH3 is 3. The molecule has 8 heteroatoms. The third-order valence-corrected chi connectivity index (χ3v) is 2.83. The molecule has 0 aliphatic heterocycles. The third-order valence-electron chi connectivity index (χ3n) is 2.83. The zero-order chi connectivity index (χ0) is 15.4. The van der Waals surface area contributed by atoms with Gasteiger partial charge in [-0.1, -0.05) is 5.21 Å². The second kappa shape index (κ2) is 6.23. The summed E-state index contributed by atoms with van der Waals surface area (Å²) in [4.78, 5) is 11.2. The molecule has 1 N–H and O–H groups in total. The van der Waals surface area contributed by atoms with Gasteiger partial charge >= 0.3 is 5.97 Å². The number of carboxylic acids is 1. The highest BCUT2D eigenvalue weighted by Crippen LogP contribution is 2.26. The van der Waals surface area contributed by atoms with Crippen LogP contribution in [0, 0.1) is 0 Å². The molecule has 0 aliphatic rings. The predicted octanol–water partition coefficient (Wildman–Crippen LogP) is 1.13. The summed E-state index contributed by atoms with van der Waals surface area (Å²) in [6.45, 7) is 0.0636. The van der Waals surface area contributed by atoms with Crippen LogP contribution in [-0.4, -0.2) is 47.4 Å². The molecular formula is C13H15N3O5. The molecule has 0 saturated carbocycles. The van der Waals surface area contributed by atoms with Crippen molar-refractivity contribution in [1.29, 1.82) is 0 Å². The second-order valence-corrected chi connectivity index (χ2v) is 4.11. The molecule has 0 saturated heterocycles. The van der Waals surface area contributed by atoms with Gasteiger partial charge in [-0.3, -0.25) is 0 Å². The molecule has 0 amide bonds. The molecule has 0 radical (unpaired) electrons. The molecule has 8 nitrogen and oxygen atoms in total. The highest BCUT2D eigenvalue weighted by atomic mass is 16.5. The maximum Gasteiger partial charge on any atom is 0.358 e. The zero-order valence-corrected chi connectivity index (χ0v) is 11.9. The van der Waals surface area contributed by atoms with E-state index in [0.717, 1.165) is 0 Å². The Morgan fingerprint density at radius 2 is 1.81 bits per heavy atom. The second-order valence-electron chi connectivity index (χ2n) is 4.11. The lowest BCUT2D eigenvalue weighted by Crippen LogP contribution is -2.08. The first-order valence-electron chi connectivity index (χ1n) is 6.01. The van der Waals surface area contributed by atoms with Crippen molar-refractivity contribution < 1.29 is 24.1 Å². The van der Waals surface area contributed by atoms with Crippen LogP contribution in [0.15, 0.2) is 18.2 Å². The average molecular weight is 293 g/mol. The summed E-state index contributed by atoms with van der Waals surface area (Å²) in [5, 5.41) is 16.7. The van der Waals surface area contributed by atoms with E-state index in [1.807, 2.05) is 0 Å². The van der Waals surface area contributed by atoms with Crippen molar-refractivity contribution in [3.8, 4) is 17.2 Å². The van der Waals surface area contributed by atoms with E-state index >= 15 is 0 Å². The number of hydrogen-bond donors (Lipinski definition) is 1. The van der Waals surface area contributed by atoms with E-state index in [0.29, 0.717) is 22.9 Å². The van der Waals surface area contributed by atoms with Crippen molar-refractivity contribution in [3.05, 3.63) is 29.6 Å². The van der Waals surface area contributed by atoms with Crippen molar-refractivity contribution in [2.45, 2.75) is 6.61 Å². The lowest BCUT2D eigenvalue weighted by molar-refractivity contribution is 0.0685. The lowest BCUT2D eigenvalue weighted by atomic mass is 10.2. The Kier molecular flexibility index (Phi) is 4.39. The number of aromatic nitrogens is 3. The Balaban J connectivity index is 2.58. The summed E-state index contributed by atoms with van der Waals surface area (Å²) in [6.07, 6.45) is 0. The van der Waals surface area contributed by atoms with E-state index in [9.17, 15) is 4.79 Å². The monoisotopic (exact) mass is 293 g/mol. The van der Waals surface area contributed by atoms with Crippen LogP contribution in [0.4, 0.5) is 0 Å². The molecule has 0 atom stereocenters.